The Morgan fingerprint density at radius 2 is 1.93 bits per heavy atom. The smallest absolute Gasteiger partial charge is 0.292 e. The van der Waals surface area contributed by atoms with Gasteiger partial charge in [-0.15, -0.1) is 0 Å². The third kappa shape index (κ3) is 5.11. The summed E-state index contributed by atoms with van der Waals surface area (Å²) in [6.45, 7) is 5.08. The minimum atomic E-state index is -0.514. The number of methoxy groups -OCH3 is 1. The molecule has 1 fully saturated rings. The van der Waals surface area contributed by atoms with Crippen LogP contribution in [0.5, 0.6) is 5.75 Å². The maximum Gasteiger partial charge on any atom is 0.292 e. The van der Waals surface area contributed by atoms with E-state index in [-0.39, 0.29) is 23.1 Å². The molecule has 2 aromatic carbocycles. The van der Waals surface area contributed by atoms with Gasteiger partial charge in [-0.3, -0.25) is 24.7 Å². The number of anilines is 1. The maximum absolute atomic E-state index is 13.6. The van der Waals surface area contributed by atoms with Gasteiger partial charge < -0.3 is 10.1 Å². The number of carbonyl (C=O) groups is 1. The van der Waals surface area contributed by atoms with Crippen molar-refractivity contribution in [2.45, 2.75) is 19.5 Å². The van der Waals surface area contributed by atoms with Gasteiger partial charge in [0.15, 0.2) is 0 Å². The Morgan fingerprint density at radius 3 is 2.60 bits per heavy atom. The molecule has 0 bridgehead atoms. The lowest BCUT2D eigenvalue weighted by Crippen LogP contribution is -2.52. The van der Waals surface area contributed by atoms with Gasteiger partial charge >= 0.3 is 0 Å². The first kappa shape index (κ1) is 21.7. The van der Waals surface area contributed by atoms with Gasteiger partial charge in [0.25, 0.3) is 5.69 Å². The first-order valence-electron chi connectivity index (χ1n) is 9.72. The van der Waals surface area contributed by atoms with Crippen LogP contribution in [0.2, 0.25) is 0 Å². The second-order valence-corrected chi connectivity index (χ2v) is 7.21. The summed E-state index contributed by atoms with van der Waals surface area (Å²) in [7, 11) is 1.56. The fourth-order valence-corrected chi connectivity index (χ4v) is 3.56. The van der Waals surface area contributed by atoms with Crippen LogP contribution in [0.1, 0.15) is 12.5 Å². The summed E-state index contributed by atoms with van der Waals surface area (Å²) in [5.74, 6) is 0.0605. The van der Waals surface area contributed by atoms with Crippen molar-refractivity contribution < 1.29 is 18.8 Å². The van der Waals surface area contributed by atoms with E-state index in [4.69, 9.17) is 4.74 Å². The first-order chi connectivity index (χ1) is 14.4. The average Bonchev–Trinajstić information content (AvgIpc) is 2.74. The number of nitro groups is 1. The number of nitrogens with one attached hydrogen (secondary N) is 1. The molecule has 0 radical (unpaired) electrons. The van der Waals surface area contributed by atoms with Crippen LogP contribution in [-0.2, 0) is 11.3 Å². The van der Waals surface area contributed by atoms with Crippen molar-refractivity contribution in [2.75, 3.05) is 38.6 Å². The molecule has 1 saturated heterocycles. The number of benzene rings is 2. The molecular formula is C21H25FN4O4. The van der Waals surface area contributed by atoms with Crippen LogP contribution in [0, 0.1) is 15.9 Å². The lowest BCUT2D eigenvalue weighted by atomic mass is 10.1. The van der Waals surface area contributed by atoms with E-state index in [9.17, 15) is 19.3 Å². The van der Waals surface area contributed by atoms with E-state index in [1.165, 1.54) is 24.3 Å². The number of hydrogen-bond donors (Lipinski definition) is 1. The Bertz CT molecular complexity index is 916. The third-order valence-corrected chi connectivity index (χ3v) is 5.33. The molecule has 0 spiro atoms. The summed E-state index contributed by atoms with van der Waals surface area (Å²) >= 11 is 0. The van der Waals surface area contributed by atoms with Gasteiger partial charge in [-0.1, -0.05) is 12.1 Å². The summed E-state index contributed by atoms with van der Waals surface area (Å²) < 4.78 is 18.9. The zero-order valence-electron chi connectivity index (χ0n) is 17.0. The third-order valence-electron chi connectivity index (χ3n) is 5.33. The molecule has 1 aliphatic heterocycles. The van der Waals surface area contributed by atoms with Crippen LogP contribution in [0.3, 0.4) is 0 Å². The Hall–Kier alpha value is -3.04. The van der Waals surface area contributed by atoms with Crippen molar-refractivity contribution in [3.63, 3.8) is 0 Å². The number of halogens is 1. The van der Waals surface area contributed by atoms with E-state index >= 15 is 0 Å². The molecule has 1 atom stereocenters. The fraction of sp³-hybridized carbons (Fsp3) is 0.381. The van der Waals surface area contributed by atoms with Crippen molar-refractivity contribution in [2.24, 2.45) is 0 Å². The van der Waals surface area contributed by atoms with E-state index in [0.29, 0.717) is 38.5 Å². The van der Waals surface area contributed by atoms with E-state index in [1.54, 1.807) is 32.2 Å². The van der Waals surface area contributed by atoms with Gasteiger partial charge in [-0.2, -0.15) is 0 Å². The number of nitrogens with zero attached hydrogens (tertiary/aromatic N) is 3. The van der Waals surface area contributed by atoms with Crippen molar-refractivity contribution in [3.05, 3.63) is 64.0 Å². The Labute approximate surface area is 174 Å². The van der Waals surface area contributed by atoms with Gasteiger partial charge in [0.2, 0.25) is 5.91 Å². The number of para-hydroxylation sites is 2. The van der Waals surface area contributed by atoms with E-state index in [1.807, 2.05) is 4.90 Å². The highest BCUT2D eigenvalue weighted by Crippen LogP contribution is 2.24. The molecule has 1 heterocycles. The van der Waals surface area contributed by atoms with Gasteiger partial charge in [-0.05, 0) is 31.2 Å². The van der Waals surface area contributed by atoms with Gasteiger partial charge in [-0.25, -0.2) is 4.39 Å². The highest BCUT2D eigenvalue weighted by Gasteiger charge is 2.27. The number of amides is 1. The SMILES string of the molecule is COc1ccc(F)cc1CN1CCN([C@@H](C)C(=O)Nc2ccccc2[N+](=O)[O-])CC1. The average molecular weight is 416 g/mol. The van der Waals surface area contributed by atoms with Crippen LogP contribution in [0.15, 0.2) is 42.5 Å². The minimum Gasteiger partial charge on any atom is -0.496 e. The summed E-state index contributed by atoms with van der Waals surface area (Å²) in [5, 5.41) is 13.8. The number of ether oxygens (including phenoxy) is 1. The molecular weight excluding hydrogens is 391 g/mol. The van der Waals surface area contributed by atoms with Crippen molar-refractivity contribution >= 4 is 17.3 Å². The highest BCUT2D eigenvalue weighted by molar-refractivity contribution is 5.96. The molecule has 160 valence electrons. The Morgan fingerprint density at radius 1 is 1.23 bits per heavy atom. The number of piperazine rings is 1. The second-order valence-electron chi connectivity index (χ2n) is 7.21. The molecule has 0 unspecified atom stereocenters. The zero-order valence-corrected chi connectivity index (χ0v) is 17.0. The second kappa shape index (κ2) is 9.64. The number of carbonyl (C=O) groups excluding carboxylic acids is 1. The quantitative estimate of drug-likeness (QED) is 0.552. The molecule has 0 aliphatic carbocycles. The van der Waals surface area contributed by atoms with Crippen LogP contribution in [0.4, 0.5) is 15.8 Å². The van der Waals surface area contributed by atoms with Gasteiger partial charge in [0, 0.05) is 44.4 Å². The minimum absolute atomic E-state index is 0.132. The summed E-state index contributed by atoms with van der Waals surface area (Å²) in [5.41, 5.74) is 0.844. The molecule has 1 N–H and O–H groups in total. The topological polar surface area (TPSA) is 88.0 Å². The maximum atomic E-state index is 13.6. The number of nitro benzene ring substituents is 1. The van der Waals surface area contributed by atoms with Crippen molar-refractivity contribution in [3.8, 4) is 5.75 Å². The standard InChI is InChI=1S/C21H25FN4O4/c1-15(21(27)23-18-5-3-4-6-19(18)26(28)29)25-11-9-24(10-12-25)14-16-13-17(22)7-8-20(16)30-2/h3-8,13,15H,9-12,14H2,1-2H3,(H,23,27)/t15-/m0/s1. The van der Waals surface area contributed by atoms with Gasteiger partial charge in [0.1, 0.15) is 17.3 Å². The van der Waals surface area contributed by atoms with Crippen LogP contribution in [-0.4, -0.2) is 60.0 Å². The summed E-state index contributed by atoms with van der Waals surface area (Å²) in [6, 6.07) is 10.1. The number of hydrogen-bond acceptors (Lipinski definition) is 6. The molecule has 30 heavy (non-hydrogen) atoms. The highest BCUT2D eigenvalue weighted by atomic mass is 19.1. The molecule has 1 aliphatic rings. The lowest BCUT2D eigenvalue weighted by molar-refractivity contribution is -0.383. The largest absolute Gasteiger partial charge is 0.496 e. The van der Waals surface area contributed by atoms with E-state index in [0.717, 1.165) is 5.56 Å². The lowest BCUT2D eigenvalue weighted by Gasteiger charge is -2.37. The molecule has 1 amide bonds. The predicted molar refractivity (Wildman–Crippen MR) is 111 cm³/mol. The monoisotopic (exact) mass is 416 g/mol. The molecule has 9 heteroatoms. The molecule has 0 saturated carbocycles. The van der Waals surface area contributed by atoms with E-state index in [2.05, 4.69) is 10.2 Å². The van der Waals surface area contributed by atoms with Crippen LogP contribution < -0.4 is 10.1 Å². The molecule has 8 nitrogen and oxygen atoms in total. The van der Waals surface area contributed by atoms with E-state index < -0.39 is 11.0 Å². The van der Waals surface area contributed by atoms with Crippen LogP contribution in [0.25, 0.3) is 0 Å². The first-order valence-corrected chi connectivity index (χ1v) is 9.72. The van der Waals surface area contributed by atoms with Crippen LogP contribution >= 0.6 is 0 Å². The Kier molecular flexibility index (Phi) is 6.96. The molecule has 2 aromatic rings. The van der Waals surface area contributed by atoms with Crippen molar-refractivity contribution in [1.82, 2.24) is 9.80 Å². The number of rotatable bonds is 7. The molecule has 0 aromatic heterocycles. The summed E-state index contributed by atoms with van der Waals surface area (Å²) in [4.78, 5) is 27.5. The van der Waals surface area contributed by atoms with Gasteiger partial charge in [0.05, 0.1) is 18.1 Å². The zero-order chi connectivity index (χ0) is 21.7. The predicted octanol–water partition coefficient (Wildman–Crippen LogP) is 2.89. The normalized spacial score (nSPS) is 16.1. The Balaban J connectivity index is 1.56. The molecule has 3 rings (SSSR count). The van der Waals surface area contributed by atoms with Crippen molar-refractivity contribution in [1.29, 1.82) is 0 Å². The summed E-state index contributed by atoms with van der Waals surface area (Å²) in [6.07, 6.45) is 0. The fourth-order valence-electron chi connectivity index (χ4n) is 3.56.